The summed E-state index contributed by atoms with van der Waals surface area (Å²) in [5.74, 6) is 1.89. The first-order valence-electron chi connectivity index (χ1n) is 12.1. The molecule has 35 heavy (non-hydrogen) atoms. The summed E-state index contributed by atoms with van der Waals surface area (Å²) < 4.78 is 6.56. The van der Waals surface area contributed by atoms with E-state index in [0.29, 0.717) is 36.6 Å². The molecule has 0 radical (unpaired) electrons. The second-order valence-electron chi connectivity index (χ2n) is 9.44. The number of fused-ring (bicyclic) bond motifs is 1. The number of aromatic nitrogens is 4. The molecule has 3 aromatic rings. The Labute approximate surface area is 207 Å². The van der Waals surface area contributed by atoms with Crippen LogP contribution in [-0.2, 0) is 0 Å². The van der Waals surface area contributed by atoms with Gasteiger partial charge in [-0.15, -0.1) is 11.3 Å². The molecule has 5 rings (SSSR count). The van der Waals surface area contributed by atoms with Gasteiger partial charge in [0.15, 0.2) is 0 Å². The van der Waals surface area contributed by atoms with Crippen LogP contribution in [0.2, 0.25) is 0 Å². The zero-order valence-electron chi connectivity index (χ0n) is 20.2. The molecule has 2 aliphatic rings. The largest absolute Gasteiger partial charge is 0.478 e. The summed E-state index contributed by atoms with van der Waals surface area (Å²) >= 11 is 1.51. The number of nitrogens with one attached hydrogen (secondary N) is 2. The van der Waals surface area contributed by atoms with Gasteiger partial charge in [0.1, 0.15) is 22.4 Å². The van der Waals surface area contributed by atoms with E-state index in [-0.39, 0.29) is 6.61 Å². The molecule has 10 nitrogen and oxygen atoms in total. The lowest BCUT2D eigenvalue weighted by atomic mass is 10.1. The molecule has 0 aromatic carbocycles. The predicted octanol–water partition coefficient (Wildman–Crippen LogP) is 2.50. The van der Waals surface area contributed by atoms with Gasteiger partial charge in [0.05, 0.1) is 40.4 Å². The number of thiazole rings is 1. The van der Waals surface area contributed by atoms with Gasteiger partial charge >= 0.3 is 0 Å². The van der Waals surface area contributed by atoms with Crippen LogP contribution in [-0.4, -0.2) is 73.3 Å². The van der Waals surface area contributed by atoms with E-state index >= 15 is 0 Å². The van der Waals surface area contributed by atoms with Crippen molar-refractivity contribution < 1.29 is 20.1 Å². The van der Waals surface area contributed by atoms with E-state index < -0.39 is 24.2 Å². The molecule has 0 saturated heterocycles. The Morgan fingerprint density at radius 1 is 1.09 bits per heavy atom. The predicted molar refractivity (Wildman–Crippen MR) is 135 cm³/mol. The summed E-state index contributed by atoms with van der Waals surface area (Å²) in [6.45, 7) is 6.92. The fraction of sp³-hybridized carbons (Fsp3) is 0.583. The zero-order chi connectivity index (χ0) is 24.7. The number of aliphatic hydroxyl groups excluding tert-OH is 3. The van der Waals surface area contributed by atoms with Crippen LogP contribution in [0.1, 0.15) is 37.6 Å². The van der Waals surface area contributed by atoms with Crippen molar-refractivity contribution in [1.82, 2.24) is 19.9 Å². The molecule has 0 spiro atoms. The lowest BCUT2D eigenvalue weighted by Gasteiger charge is -2.21. The number of anilines is 2. The van der Waals surface area contributed by atoms with E-state index in [2.05, 4.69) is 15.6 Å². The van der Waals surface area contributed by atoms with Crippen LogP contribution < -0.4 is 15.4 Å². The highest BCUT2D eigenvalue weighted by molar-refractivity contribution is 7.21. The van der Waals surface area contributed by atoms with Crippen LogP contribution >= 0.6 is 11.3 Å². The Kier molecular flexibility index (Phi) is 6.75. The fourth-order valence-corrected chi connectivity index (χ4v) is 5.72. The second-order valence-corrected chi connectivity index (χ2v) is 10.5. The minimum Gasteiger partial charge on any atom is -0.478 e. The molecule has 4 atom stereocenters. The maximum Gasteiger partial charge on any atom is 0.224 e. The van der Waals surface area contributed by atoms with E-state index in [1.165, 1.54) is 24.2 Å². The van der Waals surface area contributed by atoms with Gasteiger partial charge in [-0.3, -0.25) is 0 Å². The first-order chi connectivity index (χ1) is 16.9. The van der Waals surface area contributed by atoms with Gasteiger partial charge in [-0.05, 0) is 46.0 Å². The summed E-state index contributed by atoms with van der Waals surface area (Å²) in [7, 11) is 0. The standard InChI is InChI=1S/C24H32N6O4S/c1-4-34-17-8-16-19(12(3)26-17)29-23(35-16)18-11(2)27-24(25-9-13-5-6-13)30-22(18)28-15-7-14(10-31)20(32)21(15)33/h8,13-15,20-21,31-33H,4-7,9-10H2,1-3H3,(H2,25,27,28,30). The van der Waals surface area contributed by atoms with E-state index in [1.807, 2.05) is 26.8 Å². The normalized spacial score (nSPS) is 24.2. The van der Waals surface area contributed by atoms with Gasteiger partial charge in [-0.2, -0.15) is 4.98 Å². The summed E-state index contributed by atoms with van der Waals surface area (Å²) in [5.41, 5.74) is 3.08. The first-order valence-corrected chi connectivity index (χ1v) is 13.0. The lowest BCUT2D eigenvalue weighted by molar-refractivity contribution is 0.00446. The summed E-state index contributed by atoms with van der Waals surface area (Å²) in [6, 6.07) is 1.43. The SMILES string of the molecule is CCOc1cc2sc(-c3c(C)nc(NCC4CC4)nc3NC3CC(CO)C(O)C3O)nc2c(C)n1. The number of aryl methyl sites for hydroxylation is 2. The van der Waals surface area contributed by atoms with Gasteiger partial charge in [0, 0.05) is 25.1 Å². The highest BCUT2D eigenvalue weighted by Gasteiger charge is 2.41. The van der Waals surface area contributed by atoms with E-state index in [1.54, 1.807) is 0 Å². The average Bonchev–Trinajstić information content (AvgIpc) is 3.50. The Hall–Kier alpha value is -2.60. The van der Waals surface area contributed by atoms with Crippen LogP contribution in [0.15, 0.2) is 6.07 Å². The molecular weight excluding hydrogens is 468 g/mol. The first kappa shape index (κ1) is 24.1. The quantitative estimate of drug-likeness (QED) is 0.297. The topological polar surface area (TPSA) is 146 Å². The lowest BCUT2D eigenvalue weighted by Crippen LogP contribution is -2.35. The molecule has 188 valence electrons. The number of ether oxygens (including phenoxy) is 1. The zero-order valence-corrected chi connectivity index (χ0v) is 21.0. The van der Waals surface area contributed by atoms with Crippen molar-refractivity contribution in [1.29, 1.82) is 0 Å². The van der Waals surface area contributed by atoms with Crippen molar-refractivity contribution in [3.8, 4) is 16.5 Å². The minimum atomic E-state index is -1.02. The van der Waals surface area contributed by atoms with Gasteiger partial charge < -0.3 is 30.7 Å². The molecule has 0 amide bonds. The number of aliphatic hydroxyl groups is 3. The third-order valence-electron chi connectivity index (χ3n) is 6.73. The summed E-state index contributed by atoms with van der Waals surface area (Å²) in [4.78, 5) is 18.8. The molecular formula is C24H32N6O4S. The third-order valence-corrected chi connectivity index (χ3v) is 7.75. The van der Waals surface area contributed by atoms with Gasteiger partial charge in [0.25, 0.3) is 0 Å². The Bertz CT molecular complexity index is 1220. The Morgan fingerprint density at radius 2 is 1.89 bits per heavy atom. The molecule has 4 unspecified atom stereocenters. The number of nitrogens with zero attached hydrogens (tertiary/aromatic N) is 4. The molecule has 3 heterocycles. The van der Waals surface area contributed by atoms with E-state index in [4.69, 9.17) is 19.7 Å². The van der Waals surface area contributed by atoms with E-state index in [0.717, 1.165) is 38.7 Å². The van der Waals surface area contributed by atoms with Gasteiger partial charge in [-0.25, -0.2) is 15.0 Å². The minimum absolute atomic E-state index is 0.188. The monoisotopic (exact) mass is 500 g/mol. The third kappa shape index (κ3) is 4.90. The van der Waals surface area contributed by atoms with Crippen LogP contribution in [0.25, 0.3) is 20.8 Å². The molecule has 3 aromatic heterocycles. The second kappa shape index (κ2) is 9.81. The molecule has 0 bridgehead atoms. The number of pyridine rings is 1. The van der Waals surface area contributed by atoms with Crippen molar-refractivity contribution in [3.63, 3.8) is 0 Å². The van der Waals surface area contributed by atoms with Crippen LogP contribution in [0.4, 0.5) is 11.8 Å². The fourth-order valence-electron chi connectivity index (χ4n) is 4.57. The maximum atomic E-state index is 10.6. The highest BCUT2D eigenvalue weighted by atomic mass is 32.1. The highest BCUT2D eigenvalue weighted by Crippen LogP contribution is 2.39. The Balaban J connectivity index is 1.54. The van der Waals surface area contributed by atoms with Gasteiger partial charge in [-0.1, -0.05) is 0 Å². The van der Waals surface area contributed by atoms with Crippen molar-refractivity contribution >= 4 is 33.3 Å². The maximum absolute atomic E-state index is 10.6. The smallest absolute Gasteiger partial charge is 0.224 e. The van der Waals surface area contributed by atoms with Crippen LogP contribution in [0.5, 0.6) is 5.88 Å². The summed E-state index contributed by atoms with van der Waals surface area (Å²) in [5, 5.41) is 37.9. The van der Waals surface area contributed by atoms with Crippen molar-refractivity contribution in [3.05, 3.63) is 17.5 Å². The summed E-state index contributed by atoms with van der Waals surface area (Å²) in [6.07, 6.45) is 0.838. The van der Waals surface area contributed by atoms with Crippen molar-refractivity contribution in [2.45, 2.75) is 58.3 Å². The van der Waals surface area contributed by atoms with Gasteiger partial charge in [0.2, 0.25) is 11.8 Å². The Morgan fingerprint density at radius 3 is 2.57 bits per heavy atom. The molecule has 5 N–H and O–H groups in total. The molecule has 2 saturated carbocycles. The number of hydrogen-bond acceptors (Lipinski definition) is 11. The average molecular weight is 501 g/mol. The van der Waals surface area contributed by atoms with Crippen LogP contribution in [0.3, 0.4) is 0 Å². The van der Waals surface area contributed by atoms with Crippen molar-refractivity contribution in [2.24, 2.45) is 11.8 Å². The van der Waals surface area contributed by atoms with E-state index in [9.17, 15) is 15.3 Å². The number of hydrogen-bond donors (Lipinski definition) is 5. The molecule has 2 fully saturated rings. The molecule has 11 heteroatoms. The van der Waals surface area contributed by atoms with Crippen molar-refractivity contribution in [2.75, 3.05) is 30.4 Å². The number of rotatable bonds is 9. The molecule has 0 aliphatic heterocycles. The molecule has 2 aliphatic carbocycles. The van der Waals surface area contributed by atoms with Crippen LogP contribution in [0, 0.1) is 25.7 Å².